The van der Waals surface area contributed by atoms with E-state index in [0.717, 1.165) is 83.5 Å². The number of allylic oxidation sites excluding steroid dienone is 17. The van der Waals surface area contributed by atoms with E-state index in [2.05, 4.69) is 116 Å². The Morgan fingerprint density at radius 3 is 1.11 bits per heavy atom. The molecule has 0 heterocycles. The molecule has 9 heteroatoms. The zero-order valence-corrected chi connectivity index (χ0v) is 55.8. The molecular weight excluding hydrogens is 1040 g/mol. The van der Waals surface area contributed by atoms with Crippen molar-refractivity contribution in [3.63, 3.8) is 0 Å². The van der Waals surface area contributed by atoms with Crippen LogP contribution >= 0.6 is 7.82 Å². The number of amides is 1. The van der Waals surface area contributed by atoms with Gasteiger partial charge < -0.3 is 19.8 Å². The summed E-state index contributed by atoms with van der Waals surface area (Å²) in [7, 11) is 1.54. The maximum absolute atomic E-state index is 13.0. The van der Waals surface area contributed by atoms with Crippen LogP contribution in [0.5, 0.6) is 0 Å². The number of carbonyl (C=O) groups excluding carboxylic acids is 1. The lowest BCUT2D eigenvalue weighted by Crippen LogP contribution is -2.45. The number of likely N-dealkylation sites (N-methyl/N-ethyl adjacent to an activating group) is 1. The lowest BCUT2D eigenvalue weighted by atomic mass is 10.0. The summed E-state index contributed by atoms with van der Waals surface area (Å²) in [5.41, 5.74) is 0. The Labute approximate surface area is 514 Å². The first-order chi connectivity index (χ1) is 40.5. The highest BCUT2D eigenvalue weighted by Crippen LogP contribution is 2.43. The van der Waals surface area contributed by atoms with Gasteiger partial charge in [0.1, 0.15) is 13.2 Å². The zero-order valence-electron chi connectivity index (χ0n) is 54.9. The minimum atomic E-state index is -4.37. The summed E-state index contributed by atoms with van der Waals surface area (Å²) >= 11 is 0. The molecule has 0 radical (unpaired) electrons. The van der Waals surface area contributed by atoms with Gasteiger partial charge in [-0.1, -0.05) is 309 Å². The highest BCUT2D eigenvalue weighted by atomic mass is 31.2. The molecule has 0 saturated carbocycles. The minimum absolute atomic E-state index is 0.0495. The third-order valence-electron chi connectivity index (χ3n) is 15.2. The van der Waals surface area contributed by atoms with Gasteiger partial charge in [-0.15, -0.1) is 0 Å². The van der Waals surface area contributed by atoms with Crippen molar-refractivity contribution in [2.45, 2.75) is 315 Å². The summed E-state index contributed by atoms with van der Waals surface area (Å²) in [6.45, 7) is 4.70. The second kappa shape index (κ2) is 63.7. The van der Waals surface area contributed by atoms with E-state index in [1.165, 1.54) is 199 Å². The summed E-state index contributed by atoms with van der Waals surface area (Å²) in [6, 6.07) is -0.878. The summed E-state index contributed by atoms with van der Waals surface area (Å²) < 4.78 is 23.8. The topological polar surface area (TPSA) is 105 Å². The largest absolute Gasteiger partial charge is 0.472 e. The van der Waals surface area contributed by atoms with Crippen molar-refractivity contribution in [3.05, 3.63) is 109 Å². The number of quaternary nitrogens is 1. The Hall–Kier alpha value is -2.84. The number of rotatable bonds is 63. The van der Waals surface area contributed by atoms with Crippen molar-refractivity contribution < 1.29 is 32.9 Å². The van der Waals surface area contributed by atoms with Gasteiger partial charge in [0, 0.05) is 6.42 Å². The van der Waals surface area contributed by atoms with Gasteiger partial charge in [-0.3, -0.25) is 13.8 Å². The summed E-state index contributed by atoms with van der Waals surface area (Å²) in [6.07, 6.45) is 93.8. The molecule has 3 N–H and O–H groups in total. The van der Waals surface area contributed by atoms with Crippen LogP contribution in [0.25, 0.3) is 0 Å². The van der Waals surface area contributed by atoms with Crippen LogP contribution in [0.4, 0.5) is 0 Å². The first-order valence-corrected chi connectivity index (χ1v) is 36.3. The lowest BCUT2D eigenvalue weighted by Gasteiger charge is -2.25. The Morgan fingerprint density at radius 1 is 0.422 bits per heavy atom. The SMILES string of the molecule is CC/C=C\C/C=C\C/C=C\C/C=C\C/C=C\C/C=C\CCCCCCCCCCCCCCCCC(=O)NC(COP(=O)(O)OCC[N+](C)(C)C)C(O)/C=C/CC/C=C/CC/C=C/CCCCCCCCCCCCCCCCCCCC. The van der Waals surface area contributed by atoms with Crippen LogP contribution in [0.15, 0.2) is 109 Å². The molecule has 0 aliphatic carbocycles. The Morgan fingerprint density at radius 2 is 0.735 bits per heavy atom. The molecule has 0 rings (SSSR count). The molecule has 1 amide bonds. The van der Waals surface area contributed by atoms with E-state index >= 15 is 0 Å². The number of aliphatic hydroxyl groups excluding tert-OH is 1. The third-order valence-corrected chi connectivity index (χ3v) is 16.2. The number of phosphoric ester groups is 1. The van der Waals surface area contributed by atoms with Gasteiger partial charge in [0.15, 0.2) is 0 Å². The number of aliphatic hydroxyl groups is 1. The molecule has 480 valence electrons. The molecule has 0 saturated heterocycles. The van der Waals surface area contributed by atoms with Crippen molar-refractivity contribution in [3.8, 4) is 0 Å². The van der Waals surface area contributed by atoms with Crippen LogP contribution in [0.2, 0.25) is 0 Å². The van der Waals surface area contributed by atoms with Crippen LogP contribution in [-0.2, 0) is 18.4 Å². The summed E-state index contributed by atoms with van der Waals surface area (Å²) in [4.78, 5) is 23.4. The molecule has 3 unspecified atom stereocenters. The molecule has 0 aromatic carbocycles. The van der Waals surface area contributed by atoms with Crippen molar-refractivity contribution in [2.75, 3.05) is 40.9 Å². The molecule has 0 fully saturated rings. The smallest absolute Gasteiger partial charge is 0.387 e. The van der Waals surface area contributed by atoms with Crippen LogP contribution < -0.4 is 5.32 Å². The van der Waals surface area contributed by atoms with Crippen LogP contribution in [0.1, 0.15) is 303 Å². The van der Waals surface area contributed by atoms with E-state index in [1.807, 2.05) is 27.2 Å². The second-order valence-electron chi connectivity index (χ2n) is 24.5. The van der Waals surface area contributed by atoms with Gasteiger partial charge in [-0.2, -0.15) is 0 Å². The Bertz CT molecular complexity index is 1720. The molecule has 3 atom stereocenters. The van der Waals surface area contributed by atoms with Gasteiger partial charge in [0.2, 0.25) is 5.91 Å². The fourth-order valence-electron chi connectivity index (χ4n) is 9.84. The van der Waals surface area contributed by atoms with Crippen molar-refractivity contribution >= 4 is 13.7 Å². The quantitative estimate of drug-likeness (QED) is 0.0243. The second-order valence-corrected chi connectivity index (χ2v) is 26.0. The van der Waals surface area contributed by atoms with Gasteiger partial charge in [0.05, 0.1) is 39.9 Å². The lowest BCUT2D eigenvalue weighted by molar-refractivity contribution is -0.870. The number of phosphoric acid groups is 1. The van der Waals surface area contributed by atoms with E-state index < -0.39 is 20.0 Å². The molecule has 83 heavy (non-hydrogen) atoms. The number of carbonyl (C=O) groups is 1. The third kappa shape index (κ3) is 66.5. The highest BCUT2D eigenvalue weighted by Gasteiger charge is 2.28. The van der Waals surface area contributed by atoms with E-state index in [1.54, 1.807) is 6.08 Å². The van der Waals surface area contributed by atoms with Crippen molar-refractivity contribution in [1.82, 2.24) is 5.32 Å². The van der Waals surface area contributed by atoms with Crippen molar-refractivity contribution in [2.24, 2.45) is 0 Å². The molecule has 8 nitrogen and oxygen atoms in total. The predicted octanol–water partition coefficient (Wildman–Crippen LogP) is 22.3. The van der Waals surface area contributed by atoms with Gasteiger partial charge in [0.25, 0.3) is 0 Å². The molecule has 0 aliphatic heterocycles. The fourth-order valence-corrected chi connectivity index (χ4v) is 10.6. The van der Waals surface area contributed by atoms with Gasteiger partial charge in [-0.05, 0) is 96.3 Å². The predicted molar refractivity (Wildman–Crippen MR) is 364 cm³/mol. The van der Waals surface area contributed by atoms with Crippen LogP contribution in [0, 0.1) is 0 Å². The summed E-state index contributed by atoms with van der Waals surface area (Å²) in [5.74, 6) is -0.193. The number of hydrogen-bond donors (Lipinski definition) is 3. The maximum atomic E-state index is 13.0. The normalized spacial score (nSPS) is 14.3. The Balaban J connectivity index is 4.16. The summed E-state index contributed by atoms with van der Waals surface area (Å²) in [5, 5.41) is 14.0. The monoisotopic (exact) mass is 1180 g/mol. The van der Waals surface area contributed by atoms with Gasteiger partial charge >= 0.3 is 7.82 Å². The molecule has 0 spiro atoms. The number of nitrogens with one attached hydrogen (secondary N) is 1. The fraction of sp³-hybridized carbons (Fsp3) is 0.743. The van der Waals surface area contributed by atoms with Crippen LogP contribution in [-0.4, -0.2) is 73.4 Å². The first kappa shape index (κ1) is 80.2. The number of hydrogen-bond acceptors (Lipinski definition) is 5. The molecule has 0 bridgehead atoms. The zero-order chi connectivity index (χ0) is 60.5. The maximum Gasteiger partial charge on any atom is 0.472 e. The molecule has 0 aromatic rings. The Kier molecular flexibility index (Phi) is 61.5. The van der Waals surface area contributed by atoms with Crippen LogP contribution in [0.3, 0.4) is 0 Å². The van der Waals surface area contributed by atoms with Crippen molar-refractivity contribution in [1.29, 1.82) is 0 Å². The molecule has 0 aliphatic rings. The van der Waals surface area contributed by atoms with E-state index in [4.69, 9.17) is 9.05 Å². The average molecular weight is 1180 g/mol. The minimum Gasteiger partial charge on any atom is -0.387 e. The van der Waals surface area contributed by atoms with E-state index in [9.17, 15) is 19.4 Å². The first-order valence-electron chi connectivity index (χ1n) is 34.8. The number of unbranched alkanes of at least 4 members (excludes halogenated alkanes) is 34. The number of nitrogens with zero attached hydrogens (tertiary/aromatic N) is 1. The molecule has 0 aromatic heterocycles. The standard InChI is InChI=1S/C74H133N2O6P/c1-6-8-10-12-14-16-18-20-22-24-26-28-30-32-34-36-37-38-39-40-42-44-46-48-50-52-54-56-58-60-62-64-66-68-74(78)75-72(71-82-83(79,80)81-70-69-76(3,4)5)73(77)67-65-63-61-59-57-55-53-51-49-47-45-43-41-35-33-31-29-27-25-23-21-19-17-15-13-11-9-7-2/h8,10,14,16,20,22,26,28,32,34,37-38,49,51,57,59,65,67,72-73,77H,6-7,9,11-13,15,17-19,21,23-25,27,29-31,33,35-36,39-48,50,52-56,58,60-64,66,68-71H2,1-5H3,(H-,75,78,79,80)/p+1/b10-8-,16-14-,22-20-,28-26-,34-32-,38-37-,51-49+,59-57+,67-65+. The van der Waals surface area contributed by atoms with E-state index in [0.29, 0.717) is 17.4 Å². The highest BCUT2D eigenvalue weighted by molar-refractivity contribution is 7.47. The van der Waals surface area contributed by atoms with E-state index in [-0.39, 0.29) is 19.1 Å². The average Bonchev–Trinajstić information content (AvgIpc) is 3.49. The van der Waals surface area contributed by atoms with Gasteiger partial charge in [-0.25, -0.2) is 4.57 Å². The molecular formula is C74H134N2O6P+.